The number of hydrogen-bond donors (Lipinski definition) is 1. The molecule has 38 heavy (non-hydrogen) atoms. The minimum absolute atomic E-state index is 0.0841. The number of nitrogens with two attached hydrogens (primary N) is 1. The van der Waals surface area contributed by atoms with E-state index in [9.17, 15) is 19.2 Å². The van der Waals surface area contributed by atoms with Crippen LogP contribution in [0, 0.1) is 11.8 Å². The summed E-state index contributed by atoms with van der Waals surface area (Å²) in [6.45, 7) is 12.9. The van der Waals surface area contributed by atoms with Gasteiger partial charge in [-0.3, -0.25) is 19.2 Å². The molecule has 1 unspecified atom stereocenters. The highest BCUT2D eigenvalue weighted by Gasteiger charge is 2.25. The predicted octanol–water partition coefficient (Wildman–Crippen LogP) is 4.90. The van der Waals surface area contributed by atoms with E-state index in [0.29, 0.717) is 12.0 Å². The number of unbranched alkanes of at least 4 members (excludes halogenated alkanes) is 2. The summed E-state index contributed by atoms with van der Waals surface area (Å²) in [7, 11) is 0. The Labute approximate surface area is 226 Å². The van der Waals surface area contributed by atoms with Crippen molar-refractivity contribution in [1.82, 2.24) is 0 Å². The minimum Gasteiger partial charge on any atom is -0.459 e. The van der Waals surface area contributed by atoms with Crippen LogP contribution in [-0.4, -0.2) is 42.1 Å². The van der Waals surface area contributed by atoms with Gasteiger partial charge in [0.15, 0.2) is 11.5 Å². The zero-order chi connectivity index (χ0) is 28.8. The Kier molecular flexibility index (Phi) is 14.6. The molecule has 1 rings (SSSR count). The summed E-state index contributed by atoms with van der Waals surface area (Å²) in [6, 6.07) is 3.69. The van der Waals surface area contributed by atoms with Gasteiger partial charge in [0.2, 0.25) is 0 Å². The molecule has 1 aromatic carbocycles. The van der Waals surface area contributed by atoms with Gasteiger partial charge in [-0.1, -0.05) is 53.5 Å². The van der Waals surface area contributed by atoms with E-state index in [1.54, 1.807) is 19.9 Å². The van der Waals surface area contributed by atoms with Crippen molar-refractivity contribution in [3.63, 3.8) is 0 Å². The van der Waals surface area contributed by atoms with Crippen molar-refractivity contribution in [2.45, 2.75) is 112 Å². The van der Waals surface area contributed by atoms with E-state index >= 15 is 0 Å². The lowest BCUT2D eigenvalue weighted by atomic mass is 10.1. The first-order valence-electron chi connectivity index (χ1n) is 13.5. The summed E-state index contributed by atoms with van der Waals surface area (Å²) in [6.07, 6.45) is 2.22. The summed E-state index contributed by atoms with van der Waals surface area (Å²) in [5, 5.41) is 0. The molecule has 3 atom stereocenters. The van der Waals surface area contributed by atoms with Crippen LogP contribution < -0.4 is 15.2 Å². The molecule has 0 amide bonds. The normalized spacial score (nSPS) is 13.5. The van der Waals surface area contributed by atoms with Gasteiger partial charge in [-0.15, -0.1) is 0 Å². The molecule has 0 spiro atoms. The van der Waals surface area contributed by atoms with Crippen molar-refractivity contribution in [2.75, 3.05) is 0 Å². The standard InChI is InChI=1S/C29H45NO8/c1-8-9-10-11-26(31)35-20(6)21(7)36-29(34)23(30)16-22-12-13-24(37-27(32)14-18(2)3)25(17-22)38-28(33)15-19(4)5/h12-13,17-21,23H,8-11,14-16,30H2,1-7H3/t20?,21-,23-/m0/s1. The molecule has 0 aliphatic rings. The van der Waals surface area contributed by atoms with Gasteiger partial charge >= 0.3 is 23.9 Å². The van der Waals surface area contributed by atoms with Gasteiger partial charge in [-0.2, -0.15) is 0 Å². The number of hydrogen-bond acceptors (Lipinski definition) is 9. The zero-order valence-electron chi connectivity index (χ0n) is 23.9. The second-order valence-corrected chi connectivity index (χ2v) is 10.5. The maximum absolute atomic E-state index is 12.6. The van der Waals surface area contributed by atoms with Crippen LogP contribution in [0.5, 0.6) is 11.5 Å². The van der Waals surface area contributed by atoms with Crippen LogP contribution in [0.1, 0.15) is 92.6 Å². The first-order chi connectivity index (χ1) is 17.8. The number of ether oxygens (including phenoxy) is 4. The molecule has 0 heterocycles. The molecule has 1 aromatic rings. The molecule has 0 aliphatic heterocycles. The number of rotatable bonds is 16. The van der Waals surface area contributed by atoms with Gasteiger partial charge in [0.25, 0.3) is 0 Å². The molecule has 9 nitrogen and oxygen atoms in total. The van der Waals surface area contributed by atoms with E-state index in [-0.39, 0.29) is 48.6 Å². The molecule has 0 saturated heterocycles. The molecule has 2 N–H and O–H groups in total. The van der Waals surface area contributed by atoms with Crippen molar-refractivity contribution < 1.29 is 38.1 Å². The monoisotopic (exact) mass is 535 g/mol. The van der Waals surface area contributed by atoms with E-state index in [2.05, 4.69) is 6.92 Å². The molecular weight excluding hydrogens is 490 g/mol. The van der Waals surface area contributed by atoms with Crippen LogP contribution in [-0.2, 0) is 35.1 Å². The Bertz CT molecular complexity index is 927. The maximum Gasteiger partial charge on any atom is 0.323 e. The topological polar surface area (TPSA) is 131 Å². The molecule has 0 aliphatic carbocycles. The molecular formula is C29H45NO8. The largest absolute Gasteiger partial charge is 0.459 e. The number of carbonyl (C=O) groups is 4. The second kappa shape index (κ2) is 16.8. The van der Waals surface area contributed by atoms with Crippen molar-refractivity contribution in [3.8, 4) is 11.5 Å². The lowest BCUT2D eigenvalue weighted by molar-refractivity contribution is -0.166. The Morgan fingerprint density at radius 2 is 1.32 bits per heavy atom. The maximum atomic E-state index is 12.6. The quantitative estimate of drug-likeness (QED) is 0.178. The second-order valence-electron chi connectivity index (χ2n) is 10.5. The van der Waals surface area contributed by atoms with Gasteiger partial charge in [0, 0.05) is 19.3 Å². The van der Waals surface area contributed by atoms with Gasteiger partial charge in [-0.05, 0) is 56.2 Å². The van der Waals surface area contributed by atoms with E-state index in [1.165, 1.54) is 12.1 Å². The summed E-state index contributed by atoms with van der Waals surface area (Å²) < 4.78 is 21.7. The fourth-order valence-corrected chi connectivity index (χ4v) is 3.42. The fraction of sp³-hybridized carbons (Fsp3) is 0.655. The average Bonchev–Trinajstić information content (AvgIpc) is 2.79. The van der Waals surface area contributed by atoms with Crippen LogP contribution >= 0.6 is 0 Å². The first kappa shape index (κ1) is 33.1. The molecule has 9 heteroatoms. The molecule has 0 saturated carbocycles. The third-order valence-corrected chi connectivity index (χ3v) is 5.63. The Morgan fingerprint density at radius 3 is 1.87 bits per heavy atom. The predicted molar refractivity (Wildman–Crippen MR) is 144 cm³/mol. The van der Waals surface area contributed by atoms with Crippen LogP contribution in [0.4, 0.5) is 0 Å². The summed E-state index contributed by atoms with van der Waals surface area (Å²) >= 11 is 0. The van der Waals surface area contributed by atoms with E-state index in [4.69, 9.17) is 24.7 Å². The highest BCUT2D eigenvalue weighted by Crippen LogP contribution is 2.30. The van der Waals surface area contributed by atoms with Crippen LogP contribution in [0.15, 0.2) is 18.2 Å². The summed E-state index contributed by atoms with van der Waals surface area (Å²) in [5.74, 6) is -1.49. The zero-order valence-corrected chi connectivity index (χ0v) is 23.9. The van der Waals surface area contributed by atoms with Crippen molar-refractivity contribution in [2.24, 2.45) is 17.6 Å². The SMILES string of the molecule is CCCCCC(=O)OC(C)[C@H](C)OC(=O)[C@@H](N)Cc1ccc(OC(=O)CC(C)C)c(OC(=O)CC(C)C)c1. The molecule has 0 bridgehead atoms. The van der Waals surface area contributed by atoms with Gasteiger partial charge in [0.1, 0.15) is 18.2 Å². The molecule has 0 fully saturated rings. The Morgan fingerprint density at radius 1 is 0.763 bits per heavy atom. The smallest absolute Gasteiger partial charge is 0.323 e. The lowest BCUT2D eigenvalue weighted by Crippen LogP contribution is -2.39. The lowest BCUT2D eigenvalue weighted by Gasteiger charge is -2.22. The average molecular weight is 536 g/mol. The number of esters is 4. The van der Waals surface area contributed by atoms with Crippen molar-refractivity contribution in [1.29, 1.82) is 0 Å². The summed E-state index contributed by atoms with van der Waals surface area (Å²) in [5.41, 5.74) is 6.69. The van der Waals surface area contributed by atoms with Crippen LogP contribution in [0.3, 0.4) is 0 Å². The fourth-order valence-electron chi connectivity index (χ4n) is 3.42. The van der Waals surface area contributed by atoms with E-state index in [1.807, 2.05) is 27.7 Å². The van der Waals surface area contributed by atoms with E-state index in [0.717, 1.165) is 19.3 Å². The van der Waals surface area contributed by atoms with Gasteiger partial charge < -0.3 is 24.7 Å². The Hall–Kier alpha value is -2.94. The first-order valence-corrected chi connectivity index (χ1v) is 13.5. The number of carbonyl (C=O) groups excluding carboxylic acids is 4. The third kappa shape index (κ3) is 13.0. The highest BCUT2D eigenvalue weighted by molar-refractivity contribution is 5.77. The number of benzene rings is 1. The summed E-state index contributed by atoms with van der Waals surface area (Å²) in [4.78, 5) is 49.1. The van der Waals surface area contributed by atoms with Crippen molar-refractivity contribution in [3.05, 3.63) is 23.8 Å². The Balaban J connectivity index is 2.86. The molecule has 214 valence electrons. The minimum atomic E-state index is -1.02. The van der Waals surface area contributed by atoms with Crippen LogP contribution in [0.2, 0.25) is 0 Å². The molecule has 0 aromatic heterocycles. The van der Waals surface area contributed by atoms with Crippen molar-refractivity contribution >= 4 is 23.9 Å². The molecule has 0 radical (unpaired) electrons. The van der Waals surface area contributed by atoms with Gasteiger partial charge in [0.05, 0.1) is 0 Å². The third-order valence-electron chi connectivity index (χ3n) is 5.63. The highest BCUT2D eigenvalue weighted by atomic mass is 16.6. The van der Waals surface area contributed by atoms with Gasteiger partial charge in [-0.25, -0.2) is 0 Å². The van der Waals surface area contributed by atoms with E-state index < -0.39 is 36.2 Å². The van der Waals surface area contributed by atoms with Crippen LogP contribution in [0.25, 0.3) is 0 Å².